The summed E-state index contributed by atoms with van der Waals surface area (Å²) in [6.45, 7) is 4.47. The Balaban J connectivity index is 1.20. The SMILES string of the molecule is O=C(O)[C@@H](C1CCCCC1)N1C[C@H](CN2CCC(O)(CCCc3ccncc3)CC2)[C@@H](c2ccccc2)C1. The molecule has 2 saturated heterocycles. The molecular weight excluding hydrogens is 474 g/mol. The predicted molar refractivity (Wildman–Crippen MR) is 150 cm³/mol. The second-order valence-corrected chi connectivity index (χ2v) is 12.1. The maximum absolute atomic E-state index is 12.5. The fourth-order valence-electron chi connectivity index (χ4n) is 7.40. The van der Waals surface area contributed by atoms with Crippen molar-refractivity contribution in [2.24, 2.45) is 11.8 Å². The highest BCUT2D eigenvalue weighted by molar-refractivity contribution is 5.74. The topological polar surface area (TPSA) is 76.9 Å². The smallest absolute Gasteiger partial charge is 0.321 e. The van der Waals surface area contributed by atoms with E-state index in [9.17, 15) is 15.0 Å². The molecule has 3 aliphatic rings. The molecule has 38 heavy (non-hydrogen) atoms. The van der Waals surface area contributed by atoms with Crippen molar-refractivity contribution in [1.82, 2.24) is 14.8 Å². The summed E-state index contributed by atoms with van der Waals surface area (Å²) >= 11 is 0. The number of carboxylic acids is 1. The molecule has 1 aliphatic carbocycles. The molecule has 5 rings (SSSR count). The van der Waals surface area contributed by atoms with Crippen LogP contribution in [0.3, 0.4) is 0 Å². The minimum absolute atomic E-state index is 0.272. The number of rotatable bonds is 10. The summed E-state index contributed by atoms with van der Waals surface area (Å²) in [5, 5.41) is 21.5. The lowest BCUT2D eigenvalue weighted by Gasteiger charge is -2.40. The summed E-state index contributed by atoms with van der Waals surface area (Å²) in [5.41, 5.74) is 2.04. The third-order valence-electron chi connectivity index (χ3n) is 9.58. The Morgan fingerprint density at radius 3 is 2.39 bits per heavy atom. The summed E-state index contributed by atoms with van der Waals surface area (Å²) in [5.74, 6) is 0.385. The van der Waals surface area contributed by atoms with Crippen molar-refractivity contribution < 1.29 is 15.0 Å². The lowest BCUT2D eigenvalue weighted by Crippen LogP contribution is -2.47. The number of carboxylic acid groups (broad SMARTS) is 1. The van der Waals surface area contributed by atoms with Crippen LogP contribution in [-0.4, -0.2) is 75.3 Å². The number of piperidine rings is 1. The summed E-state index contributed by atoms with van der Waals surface area (Å²) in [4.78, 5) is 21.4. The fourth-order valence-corrected chi connectivity index (χ4v) is 7.40. The Morgan fingerprint density at radius 2 is 1.71 bits per heavy atom. The number of hydrogen-bond donors (Lipinski definition) is 2. The van der Waals surface area contributed by atoms with Crippen LogP contribution in [0.2, 0.25) is 0 Å². The molecule has 3 atom stereocenters. The first-order valence-corrected chi connectivity index (χ1v) is 14.9. The van der Waals surface area contributed by atoms with Gasteiger partial charge >= 0.3 is 5.97 Å². The molecule has 1 aromatic carbocycles. The van der Waals surface area contributed by atoms with Gasteiger partial charge in [0, 0.05) is 51.0 Å². The molecule has 206 valence electrons. The number of aryl methyl sites for hydroxylation is 1. The summed E-state index contributed by atoms with van der Waals surface area (Å²) < 4.78 is 0. The van der Waals surface area contributed by atoms with E-state index in [4.69, 9.17) is 0 Å². The van der Waals surface area contributed by atoms with Gasteiger partial charge in [0.15, 0.2) is 0 Å². The number of aromatic nitrogens is 1. The zero-order valence-electron chi connectivity index (χ0n) is 22.8. The highest BCUT2D eigenvalue weighted by Gasteiger charge is 2.43. The number of aliphatic hydroxyl groups is 1. The van der Waals surface area contributed by atoms with E-state index in [0.717, 1.165) is 90.5 Å². The standard InChI is InChI=1S/C32H45N3O3/c36-31(37)30(27-11-5-2-6-12-27)35-23-28(29(24-35)26-9-3-1-4-10-26)22-34-20-16-32(38,17-21-34)15-7-8-25-13-18-33-19-14-25/h1,3-4,9-10,13-14,18-19,27-30,38H,2,5-8,11-12,15-17,20-24H2,(H,36,37)/t28-,29+,30+/m0/s1. The largest absolute Gasteiger partial charge is 0.480 e. The van der Waals surface area contributed by atoms with Gasteiger partial charge in [-0.15, -0.1) is 0 Å². The van der Waals surface area contributed by atoms with E-state index >= 15 is 0 Å². The fraction of sp³-hybridized carbons (Fsp3) is 0.625. The average Bonchev–Trinajstić information content (AvgIpc) is 3.34. The van der Waals surface area contributed by atoms with Gasteiger partial charge in [0.2, 0.25) is 0 Å². The second-order valence-electron chi connectivity index (χ2n) is 12.1. The molecule has 0 radical (unpaired) electrons. The molecule has 0 amide bonds. The van der Waals surface area contributed by atoms with Gasteiger partial charge in [0.05, 0.1) is 5.60 Å². The minimum atomic E-state index is -0.640. The van der Waals surface area contributed by atoms with Gasteiger partial charge < -0.3 is 15.1 Å². The van der Waals surface area contributed by atoms with Crippen LogP contribution < -0.4 is 0 Å². The van der Waals surface area contributed by atoms with Gasteiger partial charge in [0.25, 0.3) is 0 Å². The van der Waals surface area contributed by atoms with Crippen LogP contribution in [0, 0.1) is 11.8 Å². The number of aliphatic carboxylic acids is 1. The summed E-state index contributed by atoms with van der Waals surface area (Å²) in [6.07, 6.45) is 13.8. The van der Waals surface area contributed by atoms with Gasteiger partial charge in [-0.3, -0.25) is 14.7 Å². The quantitative estimate of drug-likeness (QED) is 0.461. The van der Waals surface area contributed by atoms with E-state index in [0.29, 0.717) is 11.8 Å². The van der Waals surface area contributed by atoms with Crippen molar-refractivity contribution in [3.05, 3.63) is 66.0 Å². The first kappa shape index (κ1) is 27.3. The van der Waals surface area contributed by atoms with Gasteiger partial charge in [-0.25, -0.2) is 0 Å². The Morgan fingerprint density at radius 1 is 1.00 bits per heavy atom. The molecule has 2 aromatic rings. The van der Waals surface area contributed by atoms with E-state index in [-0.39, 0.29) is 12.0 Å². The van der Waals surface area contributed by atoms with Crippen molar-refractivity contribution in [3.63, 3.8) is 0 Å². The normalized spacial score (nSPS) is 25.8. The van der Waals surface area contributed by atoms with E-state index in [1.165, 1.54) is 17.5 Å². The number of benzene rings is 1. The number of carbonyl (C=O) groups is 1. The number of nitrogens with zero attached hydrogens (tertiary/aromatic N) is 3. The first-order chi connectivity index (χ1) is 18.5. The third kappa shape index (κ3) is 6.83. The molecule has 1 saturated carbocycles. The Labute approximate surface area is 228 Å². The van der Waals surface area contributed by atoms with Crippen molar-refractivity contribution in [3.8, 4) is 0 Å². The average molecular weight is 520 g/mol. The second kappa shape index (κ2) is 12.7. The zero-order valence-corrected chi connectivity index (χ0v) is 22.8. The van der Waals surface area contributed by atoms with E-state index in [2.05, 4.69) is 57.2 Å². The van der Waals surface area contributed by atoms with Crippen molar-refractivity contribution in [1.29, 1.82) is 0 Å². The molecule has 3 fully saturated rings. The maximum atomic E-state index is 12.5. The predicted octanol–water partition coefficient (Wildman–Crippen LogP) is 4.98. The van der Waals surface area contributed by atoms with Crippen molar-refractivity contribution in [2.45, 2.75) is 81.8 Å². The van der Waals surface area contributed by atoms with Gasteiger partial charge in [0.1, 0.15) is 6.04 Å². The van der Waals surface area contributed by atoms with Crippen LogP contribution in [0.5, 0.6) is 0 Å². The van der Waals surface area contributed by atoms with Crippen LogP contribution in [0.4, 0.5) is 0 Å². The van der Waals surface area contributed by atoms with E-state index in [1.54, 1.807) is 0 Å². The molecule has 0 bridgehead atoms. The number of likely N-dealkylation sites (tertiary alicyclic amines) is 2. The Kier molecular flexibility index (Phi) is 9.13. The van der Waals surface area contributed by atoms with Gasteiger partial charge in [-0.1, -0.05) is 49.6 Å². The van der Waals surface area contributed by atoms with E-state index in [1.807, 2.05) is 12.4 Å². The molecule has 1 aromatic heterocycles. The lowest BCUT2D eigenvalue weighted by molar-refractivity contribution is -0.145. The maximum Gasteiger partial charge on any atom is 0.321 e. The number of hydrogen-bond acceptors (Lipinski definition) is 5. The molecule has 2 aliphatic heterocycles. The summed E-state index contributed by atoms with van der Waals surface area (Å²) in [6, 6.07) is 14.5. The monoisotopic (exact) mass is 519 g/mol. The minimum Gasteiger partial charge on any atom is -0.480 e. The molecule has 3 heterocycles. The molecule has 6 nitrogen and oxygen atoms in total. The van der Waals surface area contributed by atoms with Gasteiger partial charge in [-0.2, -0.15) is 0 Å². The molecular formula is C32H45N3O3. The third-order valence-corrected chi connectivity index (χ3v) is 9.58. The van der Waals surface area contributed by atoms with Crippen LogP contribution in [0.25, 0.3) is 0 Å². The molecule has 2 N–H and O–H groups in total. The van der Waals surface area contributed by atoms with Crippen LogP contribution >= 0.6 is 0 Å². The zero-order chi connectivity index (χ0) is 26.4. The van der Waals surface area contributed by atoms with Crippen molar-refractivity contribution in [2.75, 3.05) is 32.7 Å². The molecule has 6 heteroatoms. The van der Waals surface area contributed by atoms with Crippen LogP contribution in [-0.2, 0) is 11.2 Å². The Hall–Kier alpha value is -2.28. The highest BCUT2D eigenvalue weighted by atomic mass is 16.4. The van der Waals surface area contributed by atoms with Crippen LogP contribution in [0.1, 0.15) is 74.8 Å². The number of pyridine rings is 1. The molecule has 0 spiro atoms. The highest BCUT2D eigenvalue weighted by Crippen LogP contribution is 2.39. The Bertz CT molecular complexity index is 1000. The van der Waals surface area contributed by atoms with Crippen molar-refractivity contribution >= 4 is 5.97 Å². The van der Waals surface area contributed by atoms with Crippen LogP contribution in [0.15, 0.2) is 54.9 Å². The lowest BCUT2D eigenvalue weighted by atomic mass is 9.83. The molecule has 0 unspecified atom stereocenters. The first-order valence-electron chi connectivity index (χ1n) is 14.9. The summed E-state index contributed by atoms with van der Waals surface area (Å²) in [7, 11) is 0. The van der Waals surface area contributed by atoms with E-state index < -0.39 is 11.6 Å². The van der Waals surface area contributed by atoms with Gasteiger partial charge in [-0.05, 0) is 80.0 Å².